The number of aromatic nitrogens is 2. The van der Waals surface area contributed by atoms with Crippen molar-refractivity contribution in [3.63, 3.8) is 0 Å². The van der Waals surface area contributed by atoms with Crippen molar-refractivity contribution in [3.8, 4) is 22.9 Å². The number of hydrogen-bond acceptors (Lipinski definition) is 19. The zero-order chi connectivity index (χ0) is 49.0. The summed E-state index contributed by atoms with van der Waals surface area (Å²) >= 11 is 0. The van der Waals surface area contributed by atoms with Crippen LogP contribution in [0.3, 0.4) is 0 Å². The number of carboxylic acid groups (broad SMARTS) is 1. The number of aromatic carboxylic acids is 1. The Labute approximate surface area is 371 Å². The van der Waals surface area contributed by atoms with Crippen LogP contribution >= 0.6 is 0 Å². The van der Waals surface area contributed by atoms with E-state index in [9.17, 15) is 79.2 Å². The van der Waals surface area contributed by atoms with Crippen LogP contribution in [-0.4, -0.2) is 93.5 Å². The first-order chi connectivity index (χ1) is 31.5. The number of ether oxygens (including phenoxy) is 2. The Morgan fingerprint density at radius 2 is 1.31 bits per heavy atom. The van der Waals surface area contributed by atoms with Gasteiger partial charge >= 0.3 is 12.1 Å². The van der Waals surface area contributed by atoms with Gasteiger partial charge in [0.2, 0.25) is 0 Å². The van der Waals surface area contributed by atoms with Gasteiger partial charge in [-0.2, -0.15) is 30.0 Å². The molecule has 6 rings (SSSR count). The molecule has 0 unspecified atom stereocenters. The van der Waals surface area contributed by atoms with Gasteiger partial charge in [0.25, 0.3) is 31.5 Å². The van der Waals surface area contributed by atoms with Gasteiger partial charge in [0.1, 0.15) is 57.3 Å². The Hall–Kier alpha value is -8.03. The topological polar surface area (TPSA) is 380 Å². The summed E-state index contributed by atoms with van der Waals surface area (Å²) in [5, 5.41) is 75.4. The molecular formula is C37H28F3N9O16S2. The Morgan fingerprint density at radius 1 is 0.746 bits per heavy atom. The first-order valence-electron chi connectivity index (χ1n) is 18.2. The molecule has 0 aliphatic rings. The number of aromatic hydroxyl groups is 1. The van der Waals surface area contributed by atoms with Gasteiger partial charge in [-0.25, -0.2) is 9.48 Å². The lowest BCUT2D eigenvalue weighted by atomic mass is 10.1. The summed E-state index contributed by atoms with van der Waals surface area (Å²) in [5.41, 5.74) is -8.14. The number of hydrogen-bond donors (Lipinski definition) is 7. The predicted molar refractivity (Wildman–Crippen MR) is 221 cm³/mol. The van der Waals surface area contributed by atoms with Gasteiger partial charge in [-0.05, 0) is 47.9 Å². The van der Waals surface area contributed by atoms with Crippen LogP contribution in [-0.2, 0) is 26.4 Å². The zero-order valence-electron chi connectivity index (χ0n) is 33.1. The Morgan fingerprint density at radius 3 is 1.88 bits per heavy atom. The lowest BCUT2D eigenvalue weighted by molar-refractivity contribution is -0.385. The number of alkyl halides is 3. The van der Waals surface area contributed by atoms with Crippen LogP contribution in [0.25, 0.3) is 16.5 Å². The number of non-ortho nitro benzene ring substituents is 1. The maximum atomic E-state index is 13.5. The number of carbonyl (C=O) groups is 1. The van der Waals surface area contributed by atoms with Gasteiger partial charge in [-0.1, -0.05) is 12.1 Å². The van der Waals surface area contributed by atoms with E-state index in [1.807, 2.05) is 0 Å². The average Bonchev–Trinajstić information content (AvgIpc) is 3.60. The second-order valence-electron chi connectivity index (χ2n) is 13.2. The van der Waals surface area contributed by atoms with Gasteiger partial charge in [0.15, 0.2) is 17.1 Å². The van der Waals surface area contributed by atoms with E-state index in [1.54, 1.807) is 0 Å². The van der Waals surface area contributed by atoms with E-state index < -0.39 is 125 Å². The van der Waals surface area contributed by atoms with Crippen LogP contribution in [0, 0.1) is 10.1 Å². The minimum absolute atomic E-state index is 0.207. The standard InChI is InChI=1S/C37H28F3N9O16S2/c38-37(39,40)22-3-1-2-4-23(22)41-46-32-33(36(54)55)47-48(35(32)53)19-5-7-21-18(13-19)14-30(67(61,62)63)31(34(21)52)45-44-26-17-27(64-11-9-50)25(16-28(26)65-12-10-51)43-42-24-8-6-20(49(56)57)15-29(24)66(58,59)60/h1-8,13-17,47,50-52H,9-12H2,(H,54,55)(H,58,59,60)(H,61,62,63). The molecule has 350 valence electrons. The normalized spacial score (nSPS) is 12.5. The van der Waals surface area contributed by atoms with Crippen LogP contribution in [0.2, 0.25) is 0 Å². The van der Waals surface area contributed by atoms with Crippen molar-refractivity contribution in [2.24, 2.45) is 30.7 Å². The zero-order valence-corrected chi connectivity index (χ0v) is 34.8. The molecule has 0 aliphatic heterocycles. The third kappa shape index (κ3) is 10.8. The average molecular weight is 976 g/mol. The number of rotatable bonds is 17. The number of nitro groups is 1. The van der Waals surface area contributed by atoms with Crippen molar-refractivity contribution in [1.29, 1.82) is 0 Å². The number of fused-ring (bicyclic) bond motifs is 1. The number of aromatic amines is 1. The molecule has 0 amide bonds. The molecule has 5 aromatic carbocycles. The van der Waals surface area contributed by atoms with Crippen molar-refractivity contribution < 1.29 is 78.7 Å². The lowest BCUT2D eigenvalue weighted by Gasteiger charge is -2.13. The summed E-state index contributed by atoms with van der Waals surface area (Å²) in [6.45, 7) is -2.02. The lowest BCUT2D eigenvalue weighted by Crippen LogP contribution is -2.14. The summed E-state index contributed by atoms with van der Waals surface area (Å²) in [4.78, 5) is 33.7. The molecule has 0 atom stereocenters. The largest absolute Gasteiger partial charge is 0.505 e. The molecule has 0 aliphatic carbocycles. The quantitative estimate of drug-likeness (QED) is 0.0207. The van der Waals surface area contributed by atoms with Crippen LogP contribution in [0.15, 0.2) is 124 Å². The molecule has 30 heteroatoms. The summed E-state index contributed by atoms with van der Waals surface area (Å²) in [6, 6.07) is 12.3. The number of benzene rings is 5. The van der Waals surface area contributed by atoms with Crippen molar-refractivity contribution >= 4 is 76.8 Å². The molecule has 0 bridgehead atoms. The number of nitrogens with one attached hydrogen (secondary N) is 1. The van der Waals surface area contributed by atoms with Gasteiger partial charge in [0.05, 0.1) is 35.1 Å². The number of aliphatic hydroxyl groups excluding tert-OH is 2. The van der Waals surface area contributed by atoms with E-state index in [1.165, 1.54) is 6.07 Å². The van der Waals surface area contributed by atoms with Crippen molar-refractivity contribution in [2.45, 2.75) is 16.0 Å². The van der Waals surface area contributed by atoms with Crippen molar-refractivity contribution in [2.75, 3.05) is 26.4 Å². The van der Waals surface area contributed by atoms with Gasteiger partial charge in [-0.3, -0.25) is 29.1 Å². The van der Waals surface area contributed by atoms with Crippen molar-refractivity contribution in [3.05, 3.63) is 111 Å². The van der Waals surface area contributed by atoms with Gasteiger partial charge < -0.3 is 29.9 Å². The highest BCUT2D eigenvalue weighted by atomic mass is 32.2. The monoisotopic (exact) mass is 975 g/mol. The number of carboxylic acids is 1. The molecule has 67 heavy (non-hydrogen) atoms. The first-order valence-corrected chi connectivity index (χ1v) is 21.1. The third-order valence-corrected chi connectivity index (χ3v) is 10.6. The van der Waals surface area contributed by atoms with Crippen molar-refractivity contribution in [1.82, 2.24) is 9.78 Å². The molecule has 1 heterocycles. The minimum Gasteiger partial charge on any atom is -0.505 e. The number of aliphatic hydroxyl groups is 2. The Kier molecular flexibility index (Phi) is 13.9. The molecule has 25 nitrogen and oxygen atoms in total. The number of nitrogens with zero attached hydrogens (tertiary/aromatic N) is 8. The highest BCUT2D eigenvalue weighted by Gasteiger charge is 2.34. The smallest absolute Gasteiger partial charge is 0.418 e. The highest BCUT2D eigenvalue weighted by Crippen LogP contribution is 2.45. The maximum Gasteiger partial charge on any atom is 0.418 e. The summed E-state index contributed by atoms with van der Waals surface area (Å²) in [5.74, 6) is -3.34. The minimum atomic E-state index is -5.32. The molecular weight excluding hydrogens is 948 g/mol. The fourth-order valence-electron chi connectivity index (χ4n) is 5.88. The van der Waals surface area contributed by atoms with Crippen LogP contribution in [0.1, 0.15) is 16.1 Å². The first kappa shape index (κ1) is 48.4. The van der Waals surface area contributed by atoms with Crippen LogP contribution < -0.4 is 15.0 Å². The number of nitro benzene ring substituents is 1. The molecule has 0 radical (unpaired) electrons. The third-order valence-electron chi connectivity index (χ3n) is 8.81. The maximum absolute atomic E-state index is 13.5. The molecule has 0 spiro atoms. The molecule has 0 saturated heterocycles. The highest BCUT2D eigenvalue weighted by molar-refractivity contribution is 7.86. The number of phenols is 1. The molecule has 7 N–H and O–H groups in total. The Balaban J connectivity index is 1.44. The molecule has 6 aromatic rings. The molecule has 0 saturated carbocycles. The molecule has 0 fully saturated rings. The van der Waals surface area contributed by atoms with E-state index in [2.05, 4.69) is 35.8 Å². The second-order valence-corrected chi connectivity index (χ2v) is 15.9. The summed E-state index contributed by atoms with van der Waals surface area (Å²) in [6.07, 6.45) is -4.88. The summed E-state index contributed by atoms with van der Waals surface area (Å²) < 4.78 is 122. The number of azo groups is 3. The second kappa shape index (κ2) is 19.2. The van der Waals surface area contributed by atoms with E-state index in [0.717, 1.165) is 60.7 Å². The fourth-order valence-corrected chi connectivity index (χ4v) is 7.18. The van der Waals surface area contributed by atoms with Crippen LogP contribution in [0.5, 0.6) is 17.2 Å². The van der Waals surface area contributed by atoms with E-state index >= 15 is 0 Å². The molecule has 1 aromatic heterocycles. The van der Waals surface area contributed by atoms with E-state index in [-0.39, 0.29) is 39.3 Å². The Bertz CT molecular complexity index is 3340. The predicted octanol–water partition coefficient (Wildman–Crippen LogP) is 7.13. The SMILES string of the molecule is O=C(O)c1[nH]n(-c2ccc3c(O)c(N=Nc4cc(OCCO)c(N=Nc5ccc([N+](=O)[O-])cc5S(=O)(=O)O)cc4OCCO)c(S(=O)(=O)O)cc3c2)c(=O)c1N=Nc1ccccc1C(F)(F)F. The number of phenolic OH excluding ortho intramolecular Hbond substituents is 1. The van der Waals surface area contributed by atoms with E-state index in [0.29, 0.717) is 16.8 Å². The van der Waals surface area contributed by atoms with Gasteiger partial charge in [-0.15, -0.1) is 30.7 Å². The fraction of sp³-hybridized carbons (Fsp3) is 0.135. The van der Waals surface area contributed by atoms with Gasteiger partial charge in [0, 0.05) is 29.7 Å². The van der Waals surface area contributed by atoms with E-state index in [4.69, 9.17) is 9.47 Å². The summed E-state index contributed by atoms with van der Waals surface area (Å²) in [7, 11) is -10.4. The number of halogens is 3. The van der Waals surface area contributed by atoms with Crippen LogP contribution in [0.4, 0.5) is 53.0 Å². The number of H-pyrrole nitrogens is 1.